The standard InChI is InChI=1S/C28H20Cl3N3O4/c1-14(23(35)32-33-24(36)15-8-2-7-13-20(15)29)34-25(37)21-22(26(34)38)28(31)17-10-4-3-9-16(17)27(21,30)18-11-5-6-12-19(18)28/h2-14,21-22H,1H3,(H,32,35)(H,33,36)/t14-,21-,22+,27?,28?/m1/s1. The van der Waals surface area contributed by atoms with E-state index in [9.17, 15) is 19.2 Å². The molecule has 0 aromatic heterocycles. The first-order valence-corrected chi connectivity index (χ1v) is 13.1. The van der Waals surface area contributed by atoms with Gasteiger partial charge in [-0.2, -0.15) is 0 Å². The predicted octanol–water partition coefficient (Wildman–Crippen LogP) is 4.08. The summed E-state index contributed by atoms with van der Waals surface area (Å²) in [6.45, 7) is 1.41. The summed E-state index contributed by atoms with van der Waals surface area (Å²) in [6.07, 6.45) is 0. The molecular formula is C28H20Cl3N3O4. The van der Waals surface area contributed by atoms with Gasteiger partial charge >= 0.3 is 0 Å². The minimum Gasteiger partial charge on any atom is -0.274 e. The molecule has 3 aromatic rings. The number of carbonyl (C=O) groups excluding carboxylic acids is 4. The molecule has 1 aliphatic heterocycles. The Balaban J connectivity index is 1.34. The van der Waals surface area contributed by atoms with Crippen molar-refractivity contribution in [3.05, 3.63) is 106 Å². The van der Waals surface area contributed by atoms with E-state index >= 15 is 0 Å². The number of nitrogens with one attached hydrogen (secondary N) is 2. The van der Waals surface area contributed by atoms with Crippen LogP contribution in [0.15, 0.2) is 72.8 Å². The normalized spacial score (nSPS) is 27.3. The van der Waals surface area contributed by atoms with Crippen molar-refractivity contribution in [3.63, 3.8) is 0 Å². The smallest absolute Gasteiger partial charge is 0.271 e. The van der Waals surface area contributed by atoms with E-state index in [0.717, 1.165) is 4.90 Å². The fraction of sp³-hybridized carbons (Fsp3) is 0.214. The quantitative estimate of drug-likeness (QED) is 0.283. The lowest BCUT2D eigenvalue weighted by molar-refractivity contribution is -0.147. The van der Waals surface area contributed by atoms with Gasteiger partial charge in [0, 0.05) is 0 Å². The van der Waals surface area contributed by atoms with Crippen LogP contribution in [0.4, 0.5) is 0 Å². The van der Waals surface area contributed by atoms with Gasteiger partial charge in [-0.3, -0.25) is 34.9 Å². The van der Waals surface area contributed by atoms with E-state index in [0.29, 0.717) is 22.3 Å². The third-order valence-corrected chi connectivity index (χ3v) is 9.42. The number of hydrogen-bond donors (Lipinski definition) is 2. The number of hydrogen-bond acceptors (Lipinski definition) is 4. The number of imide groups is 1. The second-order valence-electron chi connectivity index (χ2n) is 9.62. The van der Waals surface area contributed by atoms with Gasteiger partial charge in [0.15, 0.2) is 0 Å². The number of halogens is 3. The lowest BCUT2D eigenvalue weighted by Crippen LogP contribution is -2.57. The van der Waals surface area contributed by atoms with Gasteiger partial charge in [0.1, 0.15) is 15.8 Å². The van der Waals surface area contributed by atoms with Crippen molar-refractivity contribution in [2.24, 2.45) is 11.8 Å². The van der Waals surface area contributed by atoms with Gasteiger partial charge in [-0.05, 0) is 41.3 Å². The van der Waals surface area contributed by atoms with E-state index in [1.54, 1.807) is 18.2 Å². The molecule has 4 amide bonds. The number of likely N-dealkylation sites (tertiary alicyclic amines) is 1. The number of hydrazine groups is 1. The summed E-state index contributed by atoms with van der Waals surface area (Å²) in [5.41, 5.74) is 7.41. The van der Waals surface area contributed by atoms with Crippen molar-refractivity contribution >= 4 is 58.4 Å². The van der Waals surface area contributed by atoms with Crippen LogP contribution in [0.2, 0.25) is 5.02 Å². The number of alkyl halides is 2. The molecule has 38 heavy (non-hydrogen) atoms. The maximum absolute atomic E-state index is 13.9. The second kappa shape index (κ2) is 8.56. The van der Waals surface area contributed by atoms with Crippen molar-refractivity contribution in [1.82, 2.24) is 15.8 Å². The summed E-state index contributed by atoms with van der Waals surface area (Å²) < 4.78 is 0. The van der Waals surface area contributed by atoms with Crippen LogP contribution in [0, 0.1) is 11.8 Å². The Bertz CT molecular complexity index is 1440. The first kappa shape index (κ1) is 24.9. The topological polar surface area (TPSA) is 95.6 Å². The molecule has 0 saturated carbocycles. The molecule has 1 heterocycles. The first-order chi connectivity index (χ1) is 18.1. The first-order valence-electron chi connectivity index (χ1n) is 11.9. The minimum atomic E-state index is -1.34. The summed E-state index contributed by atoms with van der Waals surface area (Å²) in [5, 5.41) is 0.204. The minimum absolute atomic E-state index is 0.154. The molecule has 3 atom stereocenters. The zero-order chi connectivity index (χ0) is 27.0. The summed E-state index contributed by atoms with van der Waals surface area (Å²) in [6, 6.07) is 19.7. The molecule has 4 aliphatic rings. The Morgan fingerprint density at radius 2 is 1.18 bits per heavy atom. The molecule has 3 aliphatic carbocycles. The van der Waals surface area contributed by atoms with Crippen molar-refractivity contribution in [3.8, 4) is 0 Å². The highest BCUT2D eigenvalue weighted by atomic mass is 35.5. The third kappa shape index (κ3) is 3.09. The Hall–Kier alpha value is -3.39. The Morgan fingerprint density at radius 3 is 1.63 bits per heavy atom. The van der Waals surface area contributed by atoms with Crippen LogP contribution in [0.25, 0.3) is 0 Å². The Labute approximate surface area is 233 Å². The van der Waals surface area contributed by atoms with Crippen molar-refractivity contribution in [1.29, 1.82) is 0 Å². The van der Waals surface area contributed by atoms with Gasteiger partial charge in [-0.15, -0.1) is 23.2 Å². The molecule has 7 nitrogen and oxygen atoms in total. The van der Waals surface area contributed by atoms with Crippen LogP contribution in [0.3, 0.4) is 0 Å². The fourth-order valence-corrected chi connectivity index (χ4v) is 7.44. The van der Waals surface area contributed by atoms with E-state index in [4.69, 9.17) is 34.8 Å². The molecule has 0 spiro atoms. The number of benzene rings is 3. The van der Waals surface area contributed by atoms with Gasteiger partial charge < -0.3 is 0 Å². The Morgan fingerprint density at radius 1 is 0.763 bits per heavy atom. The van der Waals surface area contributed by atoms with Gasteiger partial charge in [0.25, 0.3) is 11.8 Å². The monoisotopic (exact) mass is 567 g/mol. The highest BCUT2D eigenvalue weighted by Gasteiger charge is 2.73. The van der Waals surface area contributed by atoms with Crippen LogP contribution in [-0.4, -0.2) is 34.6 Å². The highest BCUT2D eigenvalue weighted by molar-refractivity contribution is 6.36. The zero-order valence-electron chi connectivity index (χ0n) is 19.9. The lowest BCUT2D eigenvalue weighted by Gasteiger charge is -2.54. The van der Waals surface area contributed by atoms with Crippen molar-refractivity contribution < 1.29 is 19.2 Å². The van der Waals surface area contributed by atoms with Crippen LogP contribution in [-0.2, 0) is 24.1 Å². The molecule has 1 fully saturated rings. The molecule has 1 saturated heterocycles. The summed E-state index contributed by atoms with van der Waals surface area (Å²) in [4.78, 5) is 51.6. The van der Waals surface area contributed by atoms with E-state index < -0.39 is 51.3 Å². The van der Waals surface area contributed by atoms with E-state index in [1.165, 1.54) is 13.0 Å². The fourth-order valence-electron chi connectivity index (χ4n) is 6.12. The summed E-state index contributed by atoms with van der Waals surface area (Å²) >= 11 is 20.8. The number of nitrogens with zero attached hydrogens (tertiary/aromatic N) is 1. The van der Waals surface area contributed by atoms with Crippen molar-refractivity contribution in [2.75, 3.05) is 0 Å². The van der Waals surface area contributed by atoms with Crippen LogP contribution >= 0.6 is 34.8 Å². The average Bonchev–Trinajstić information content (AvgIpc) is 3.20. The number of amides is 4. The van der Waals surface area contributed by atoms with Gasteiger partial charge in [0.05, 0.1) is 22.4 Å². The number of carbonyl (C=O) groups is 4. The molecule has 192 valence electrons. The summed E-state index contributed by atoms with van der Waals surface area (Å²) in [7, 11) is 0. The summed E-state index contributed by atoms with van der Waals surface area (Å²) in [5.74, 6) is -4.64. The SMILES string of the molecule is C[C@H](C(=O)NNC(=O)c1ccccc1Cl)N1C(=O)[C@@H]2[C@H](C1=O)C1(Cl)c3ccccc3C2(Cl)c2ccccc21. The van der Waals surface area contributed by atoms with E-state index in [1.807, 2.05) is 48.5 Å². The van der Waals surface area contributed by atoms with Crippen LogP contribution in [0.1, 0.15) is 39.5 Å². The lowest BCUT2D eigenvalue weighted by atomic mass is 9.54. The zero-order valence-corrected chi connectivity index (χ0v) is 22.1. The molecule has 7 rings (SSSR count). The largest absolute Gasteiger partial charge is 0.274 e. The van der Waals surface area contributed by atoms with Crippen LogP contribution < -0.4 is 10.9 Å². The van der Waals surface area contributed by atoms with E-state index in [-0.39, 0.29) is 10.6 Å². The van der Waals surface area contributed by atoms with Crippen molar-refractivity contribution in [2.45, 2.75) is 22.7 Å². The molecular weight excluding hydrogens is 549 g/mol. The molecule has 3 aromatic carbocycles. The second-order valence-corrected chi connectivity index (χ2v) is 11.2. The number of rotatable bonds is 3. The van der Waals surface area contributed by atoms with Gasteiger partial charge in [0.2, 0.25) is 11.8 Å². The van der Waals surface area contributed by atoms with E-state index in [2.05, 4.69) is 10.9 Å². The van der Waals surface area contributed by atoms with Crippen LogP contribution in [0.5, 0.6) is 0 Å². The molecule has 0 radical (unpaired) electrons. The molecule has 10 heteroatoms. The maximum Gasteiger partial charge on any atom is 0.271 e. The maximum atomic E-state index is 13.9. The Kier molecular flexibility index (Phi) is 5.61. The molecule has 0 unspecified atom stereocenters. The van der Waals surface area contributed by atoms with Gasteiger partial charge in [-0.1, -0.05) is 72.3 Å². The third-order valence-electron chi connectivity index (χ3n) is 7.80. The predicted molar refractivity (Wildman–Crippen MR) is 142 cm³/mol. The molecule has 2 bridgehead atoms. The molecule has 2 N–H and O–H groups in total. The highest BCUT2D eigenvalue weighted by Crippen LogP contribution is 2.69. The average molecular weight is 569 g/mol. The van der Waals surface area contributed by atoms with Gasteiger partial charge in [-0.25, -0.2) is 0 Å².